The third-order valence-corrected chi connectivity index (χ3v) is 5.96. The molecule has 19 heavy (non-hydrogen) atoms. The lowest BCUT2D eigenvalue weighted by Gasteiger charge is -2.33. The Kier molecular flexibility index (Phi) is 5.17. The lowest BCUT2D eigenvalue weighted by atomic mass is 9.83. The van der Waals surface area contributed by atoms with Crippen LogP contribution in [-0.2, 0) is 10.8 Å². The van der Waals surface area contributed by atoms with Crippen LogP contribution in [0.15, 0.2) is 29.2 Å². The van der Waals surface area contributed by atoms with Gasteiger partial charge in [-0.1, -0.05) is 31.9 Å². The minimum absolute atomic E-state index is 0.0921. The number of benzene rings is 1. The van der Waals surface area contributed by atoms with Gasteiger partial charge < -0.3 is 5.73 Å². The molecule has 4 unspecified atom stereocenters. The maximum atomic E-state index is 12.7. The maximum absolute atomic E-state index is 12.7. The standard InChI is InChI=1S/C16H25NOS/c1-3-5-13-8-9-15(17)16(11-13)19(18)14-7-4-6-12(2)10-14/h4,6-7,10,13,15-16H,3,5,8-9,11,17H2,1-2H3. The summed E-state index contributed by atoms with van der Waals surface area (Å²) in [5.41, 5.74) is 7.39. The van der Waals surface area contributed by atoms with E-state index < -0.39 is 10.8 Å². The molecule has 0 aliphatic heterocycles. The molecule has 2 N–H and O–H groups in total. The summed E-state index contributed by atoms with van der Waals surface area (Å²) in [6, 6.07) is 8.13. The zero-order chi connectivity index (χ0) is 13.8. The summed E-state index contributed by atoms with van der Waals surface area (Å²) < 4.78 is 12.7. The van der Waals surface area contributed by atoms with E-state index in [4.69, 9.17) is 5.73 Å². The van der Waals surface area contributed by atoms with Crippen molar-refractivity contribution >= 4 is 10.8 Å². The number of aryl methyl sites for hydroxylation is 1. The van der Waals surface area contributed by atoms with Crippen LogP contribution in [0.5, 0.6) is 0 Å². The first-order chi connectivity index (χ1) is 9.11. The number of hydrogen-bond donors (Lipinski definition) is 1. The highest BCUT2D eigenvalue weighted by atomic mass is 32.2. The van der Waals surface area contributed by atoms with E-state index in [1.54, 1.807) is 0 Å². The van der Waals surface area contributed by atoms with Crippen molar-refractivity contribution in [2.24, 2.45) is 11.7 Å². The van der Waals surface area contributed by atoms with Gasteiger partial charge >= 0.3 is 0 Å². The summed E-state index contributed by atoms with van der Waals surface area (Å²) in [4.78, 5) is 0.942. The van der Waals surface area contributed by atoms with Gasteiger partial charge in [-0.25, -0.2) is 0 Å². The molecule has 2 rings (SSSR count). The number of hydrogen-bond acceptors (Lipinski definition) is 2. The molecule has 0 amide bonds. The summed E-state index contributed by atoms with van der Waals surface area (Å²) in [7, 11) is -0.959. The highest BCUT2D eigenvalue weighted by Crippen LogP contribution is 2.32. The van der Waals surface area contributed by atoms with Crippen molar-refractivity contribution in [1.29, 1.82) is 0 Å². The Bertz CT molecular complexity index is 446. The molecule has 1 aliphatic carbocycles. The van der Waals surface area contributed by atoms with Crippen molar-refractivity contribution < 1.29 is 4.21 Å². The average molecular weight is 279 g/mol. The first-order valence-corrected chi connectivity index (χ1v) is 8.56. The minimum Gasteiger partial charge on any atom is -0.327 e. The van der Waals surface area contributed by atoms with Crippen molar-refractivity contribution in [2.75, 3.05) is 0 Å². The molecule has 0 bridgehead atoms. The van der Waals surface area contributed by atoms with Crippen LogP contribution in [0.1, 0.15) is 44.6 Å². The molecule has 1 aromatic carbocycles. The Morgan fingerprint density at radius 3 is 2.84 bits per heavy atom. The fourth-order valence-electron chi connectivity index (χ4n) is 3.07. The Morgan fingerprint density at radius 1 is 1.37 bits per heavy atom. The van der Waals surface area contributed by atoms with Gasteiger partial charge in [-0.15, -0.1) is 0 Å². The highest BCUT2D eigenvalue weighted by molar-refractivity contribution is 7.85. The Hall–Kier alpha value is -0.670. The predicted molar refractivity (Wildman–Crippen MR) is 81.6 cm³/mol. The topological polar surface area (TPSA) is 43.1 Å². The fourth-order valence-corrected chi connectivity index (χ4v) is 4.83. The van der Waals surface area contributed by atoms with Crippen molar-refractivity contribution in [3.63, 3.8) is 0 Å². The van der Waals surface area contributed by atoms with Crippen molar-refractivity contribution in [1.82, 2.24) is 0 Å². The van der Waals surface area contributed by atoms with Crippen LogP contribution in [0.25, 0.3) is 0 Å². The van der Waals surface area contributed by atoms with Gasteiger partial charge in [-0.05, 0) is 49.8 Å². The van der Waals surface area contributed by atoms with Gasteiger partial charge in [-0.2, -0.15) is 0 Å². The molecular formula is C16H25NOS. The van der Waals surface area contributed by atoms with E-state index in [-0.39, 0.29) is 11.3 Å². The normalized spacial score (nSPS) is 29.1. The van der Waals surface area contributed by atoms with Gasteiger partial charge in [0.05, 0.1) is 16.0 Å². The van der Waals surface area contributed by atoms with E-state index in [2.05, 4.69) is 6.92 Å². The van der Waals surface area contributed by atoms with E-state index in [0.717, 1.165) is 17.7 Å². The molecule has 2 nitrogen and oxygen atoms in total. The van der Waals surface area contributed by atoms with Crippen LogP contribution in [0.2, 0.25) is 0 Å². The second-order valence-electron chi connectivity index (χ2n) is 5.78. The molecule has 0 aromatic heterocycles. The van der Waals surface area contributed by atoms with Crippen LogP contribution in [0.4, 0.5) is 0 Å². The van der Waals surface area contributed by atoms with Crippen LogP contribution >= 0.6 is 0 Å². The van der Waals surface area contributed by atoms with Gasteiger partial charge in [0.15, 0.2) is 0 Å². The molecule has 1 aromatic rings. The summed E-state index contributed by atoms with van der Waals surface area (Å²) in [5.74, 6) is 0.712. The Morgan fingerprint density at radius 2 is 2.16 bits per heavy atom. The summed E-state index contributed by atoms with van der Waals surface area (Å²) in [6.07, 6.45) is 5.71. The van der Waals surface area contributed by atoms with Crippen molar-refractivity contribution in [2.45, 2.75) is 62.1 Å². The largest absolute Gasteiger partial charge is 0.327 e. The molecule has 4 atom stereocenters. The summed E-state index contributed by atoms with van der Waals surface area (Å²) in [6.45, 7) is 4.27. The molecule has 1 aliphatic rings. The van der Waals surface area contributed by atoms with Gasteiger partial charge in [0.1, 0.15) is 0 Å². The molecule has 106 valence electrons. The number of rotatable bonds is 4. The predicted octanol–water partition coefficient (Wildman–Crippen LogP) is 3.40. The van der Waals surface area contributed by atoms with Crippen molar-refractivity contribution in [3.05, 3.63) is 29.8 Å². The molecule has 1 saturated carbocycles. The lowest BCUT2D eigenvalue weighted by Crippen LogP contribution is -2.43. The molecular weight excluding hydrogens is 254 g/mol. The minimum atomic E-state index is -0.959. The van der Waals surface area contributed by atoms with E-state index in [1.165, 1.54) is 24.8 Å². The monoisotopic (exact) mass is 279 g/mol. The molecule has 1 fully saturated rings. The Labute approximate surface area is 119 Å². The second-order valence-corrected chi connectivity index (χ2v) is 7.46. The van der Waals surface area contributed by atoms with E-state index in [1.807, 2.05) is 31.2 Å². The highest BCUT2D eigenvalue weighted by Gasteiger charge is 2.32. The van der Waals surface area contributed by atoms with Crippen LogP contribution in [0.3, 0.4) is 0 Å². The van der Waals surface area contributed by atoms with Crippen LogP contribution in [0, 0.1) is 12.8 Å². The quantitative estimate of drug-likeness (QED) is 0.918. The molecule has 0 radical (unpaired) electrons. The first kappa shape index (κ1) is 14.7. The van der Waals surface area contributed by atoms with E-state index in [9.17, 15) is 4.21 Å². The Balaban J connectivity index is 2.12. The fraction of sp³-hybridized carbons (Fsp3) is 0.625. The van der Waals surface area contributed by atoms with Crippen LogP contribution in [-0.4, -0.2) is 15.5 Å². The van der Waals surface area contributed by atoms with Gasteiger partial charge in [0.25, 0.3) is 0 Å². The van der Waals surface area contributed by atoms with Crippen LogP contribution < -0.4 is 5.73 Å². The molecule has 3 heteroatoms. The van der Waals surface area contributed by atoms with Crippen molar-refractivity contribution in [3.8, 4) is 0 Å². The average Bonchev–Trinajstić information content (AvgIpc) is 2.40. The zero-order valence-electron chi connectivity index (χ0n) is 12.0. The molecule has 0 heterocycles. The summed E-state index contributed by atoms with van der Waals surface area (Å²) in [5, 5.41) is 0.132. The molecule has 0 saturated heterocycles. The second kappa shape index (κ2) is 6.67. The van der Waals surface area contributed by atoms with E-state index in [0.29, 0.717) is 5.92 Å². The van der Waals surface area contributed by atoms with Gasteiger partial charge in [-0.3, -0.25) is 4.21 Å². The first-order valence-electron chi connectivity index (χ1n) is 7.34. The van der Waals surface area contributed by atoms with Gasteiger partial charge in [0.2, 0.25) is 0 Å². The SMILES string of the molecule is CCCC1CCC(N)C(S(=O)c2cccc(C)c2)C1. The van der Waals surface area contributed by atoms with E-state index >= 15 is 0 Å². The summed E-state index contributed by atoms with van der Waals surface area (Å²) >= 11 is 0. The zero-order valence-corrected chi connectivity index (χ0v) is 12.8. The lowest BCUT2D eigenvalue weighted by molar-refractivity contribution is 0.313. The number of nitrogens with two attached hydrogens (primary N) is 1. The maximum Gasteiger partial charge on any atom is 0.0576 e. The third-order valence-electron chi connectivity index (χ3n) is 4.15. The smallest absolute Gasteiger partial charge is 0.0576 e. The van der Waals surface area contributed by atoms with Gasteiger partial charge in [0, 0.05) is 10.9 Å². The third kappa shape index (κ3) is 3.67. The molecule has 0 spiro atoms.